The van der Waals surface area contributed by atoms with Gasteiger partial charge in [0, 0.05) is 12.6 Å². The van der Waals surface area contributed by atoms with E-state index in [0.29, 0.717) is 23.6 Å². The van der Waals surface area contributed by atoms with E-state index in [1.54, 1.807) is 43.3 Å². The SMILES string of the molecule is Cc1cc(NC(=O)CN(C)Cc2cccc(C#N)c2)n(-c2ccccc2F)n1. The molecule has 0 fully saturated rings. The minimum Gasteiger partial charge on any atom is -0.309 e. The van der Waals surface area contributed by atoms with Crippen LogP contribution in [0.2, 0.25) is 0 Å². The number of benzene rings is 2. The van der Waals surface area contributed by atoms with Gasteiger partial charge in [-0.25, -0.2) is 9.07 Å². The van der Waals surface area contributed by atoms with Gasteiger partial charge in [0.25, 0.3) is 0 Å². The average molecular weight is 377 g/mol. The molecular weight excluding hydrogens is 357 g/mol. The van der Waals surface area contributed by atoms with Crippen molar-refractivity contribution >= 4 is 11.7 Å². The third-order valence-electron chi connectivity index (χ3n) is 4.10. The zero-order valence-electron chi connectivity index (χ0n) is 15.7. The summed E-state index contributed by atoms with van der Waals surface area (Å²) >= 11 is 0. The lowest BCUT2D eigenvalue weighted by Crippen LogP contribution is -2.30. The molecule has 28 heavy (non-hydrogen) atoms. The molecule has 3 aromatic rings. The van der Waals surface area contributed by atoms with Crippen LogP contribution in [0.1, 0.15) is 16.8 Å². The molecule has 1 heterocycles. The first-order chi connectivity index (χ1) is 13.5. The topological polar surface area (TPSA) is 74.0 Å². The molecule has 0 aliphatic heterocycles. The van der Waals surface area contributed by atoms with Crippen LogP contribution in [0.4, 0.5) is 10.2 Å². The summed E-state index contributed by atoms with van der Waals surface area (Å²) in [5.41, 5.74) is 2.47. The summed E-state index contributed by atoms with van der Waals surface area (Å²) in [6, 6.07) is 17.3. The lowest BCUT2D eigenvalue weighted by atomic mass is 10.1. The van der Waals surface area contributed by atoms with Gasteiger partial charge in [-0.15, -0.1) is 0 Å². The van der Waals surface area contributed by atoms with Crippen LogP contribution in [0.15, 0.2) is 54.6 Å². The number of rotatable bonds is 6. The molecular formula is C21H20FN5O. The third-order valence-corrected chi connectivity index (χ3v) is 4.10. The number of hydrogen-bond donors (Lipinski definition) is 1. The highest BCUT2D eigenvalue weighted by Gasteiger charge is 2.15. The maximum atomic E-state index is 14.1. The largest absolute Gasteiger partial charge is 0.309 e. The number of nitrogens with one attached hydrogen (secondary N) is 1. The molecule has 0 aliphatic carbocycles. The molecule has 142 valence electrons. The first-order valence-corrected chi connectivity index (χ1v) is 8.75. The minimum atomic E-state index is -0.421. The standard InChI is InChI=1S/C21H20FN5O/c1-15-10-20(27(25-15)19-9-4-3-8-18(19)22)24-21(28)14-26(2)13-17-7-5-6-16(11-17)12-23/h3-11H,13-14H2,1-2H3,(H,24,28). The summed E-state index contributed by atoms with van der Waals surface area (Å²) in [4.78, 5) is 14.3. The number of aryl methyl sites for hydroxylation is 1. The fourth-order valence-corrected chi connectivity index (χ4v) is 2.93. The van der Waals surface area contributed by atoms with Crippen LogP contribution < -0.4 is 5.32 Å². The summed E-state index contributed by atoms with van der Waals surface area (Å²) in [6.45, 7) is 2.44. The Bertz CT molecular complexity index is 1040. The molecule has 0 radical (unpaired) electrons. The molecule has 1 aromatic heterocycles. The van der Waals surface area contributed by atoms with Crippen molar-refractivity contribution in [2.45, 2.75) is 13.5 Å². The van der Waals surface area contributed by atoms with Gasteiger partial charge in [0.15, 0.2) is 0 Å². The number of aromatic nitrogens is 2. The van der Waals surface area contributed by atoms with Gasteiger partial charge < -0.3 is 5.32 Å². The van der Waals surface area contributed by atoms with Gasteiger partial charge in [0.2, 0.25) is 5.91 Å². The maximum absolute atomic E-state index is 14.1. The van der Waals surface area contributed by atoms with Gasteiger partial charge in [-0.2, -0.15) is 10.4 Å². The van der Waals surface area contributed by atoms with E-state index in [1.165, 1.54) is 10.7 Å². The summed E-state index contributed by atoms with van der Waals surface area (Å²) in [7, 11) is 1.82. The monoisotopic (exact) mass is 377 g/mol. The number of anilines is 1. The number of halogens is 1. The number of amides is 1. The summed E-state index contributed by atoms with van der Waals surface area (Å²) < 4.78 is 15.5. The Morgan fingerprint density at radius 3 is 2.79 bits per heavy atom. The smallest absolute Gasteiger partial charge is 0.239 e. The molecule has 7 heteroatoms. The quantitative estimate of drug-likeness (QED) is 0.716. The maximum Gasteiger partial charge on any atom is 0.239 e. The fourth-order valence-electron chi connectivity index (χ4n) is 2.93. The molecule has 1 amide bonds. The normalized spacial score (nSPS) is 10.7. The lowest BCUT2D eigenvalue weighted by molar-refractivity contribution is -0.117. The highest BCUT2D eigenvalue weighted by atomic mass is 19.1. The molecule has 1 N–H and O–H groups in total. The van der Waals surface area contributed by atoms with Crippen LogP contribution in [0.25, 0.3) is 5.69 Å². The van der Waals surface area contributed by atoms with Crippen LogP contribution in [0.5, 0.6) is 0 Å². The molecule has 0 bridgehead atoms. The van der Waals surface area contributed by atoms with Crippen LogP contribution in [-0.2, 0) is 11.3 Å². The number of likely N-dealkylation sites (N-methyl/N-ethyl adjacent to an activating group) is 1. The fraction of sp³-hybridized carbons (Fsp3) is 0.190. The molecule has 6 nitrogen and oxygen atoms in total. The zero-order chi connectivity index (χ0) is 20.1. The molecule has 3 rings (SSSR count). The Morgan fingerprint density at radius 1 is 1.25 bits per heavy atom. The second-order valence-corrected chi connectivity index (χ2v) is 6.57. The van der Waals surface area contributed by atoms with Gasteiger partial charge >= 0.3 is 0 Å². The third kappa shape index (κ3) is 4.61. The number of nitrogens with zero attached hydrogens (tertiary/aromatic N) is 4. The predicted molar refractivity (Wildman–Crippen MR) is 104 cm³/mol. The summed E-state index contributed by atoms with van der Waals surface area (Å²) in [6.07, 6.45) is 0. The Morgan fingerprint density at radius 2 is 2.04 bits per heavy atom. The van der Waals surface area contributed by atoms with E-state index < -0.39 is 5.82 Å². The molecule has 0 aliphatic rings. The summed E-state index contributed by atoms with van der Waals surface area (Å²) in [5.74, 6) is -0.250. The van der Waals surface area contributed by atoms with Crippen molar-refractivity contribution in [1.82, 2.24) is 14.7 Å². The Labute approximate surface area is 162 Å². The van der Waals surface area contributed by atoms with E-state index in [9.17, 15) is 9.18 Å². The lowest BCUT2D eigenvalue weighted by Gasteiger charge is -2.17. The number of nitriles is 1. The van der Waals surface area contributed by atoms with E-state index >= 15 is 0 Å². The second kappa shape index (κ2) is 8.46. The van der Waals surface area contributed by atoms with Gasteiger partial charge in [-0.1, -0.05) is 24.3 Å². The molecule has 2 aromatic carbocycles. The van der Waals surface area contributed by atoms with Crippen LogP contribution in [-0.4, -0.2) is 34.2 Å². The van der Waals surface area contributed by atoms with Crippen molar-refractivity contribution in [2.24, 2.45) is 0 Å². The highest BCUT2D eigenvalue weighted by Crippen LogP contribution is 2.19. The van der Waals surface area contributed by atoms with Gasteiger partial charge in [0.1, 0.15) is 17.3 Å². The molecule has 0 saturated heterocycles. The predicted octanol–water partition coefficient (Wildman–Crippen LogP) is 3.26. The molecule has 0 atom stereocenters. The van der Waals surface area contributed by atoms with Crippen LogP contribution >= 0.6 is 0 Å². The molecule has 0 saturated carbocycles. The Balaban J connectivity index is 1.68. The summed E-state index contributed by atoms with van der Waals surface area (Å²) in [5, 5.41) is 16.1. The van der Waals surface area contributed by atoms with Gasteiger partial charge in [-0.05, 0) is 43.8 Å². The first kappa shape index (κ1) is 19.3. The first-order valence-electron chi connectivity index (χ1n) is 8.75. The van der Waals surface area contributed by atoms with Crippen molar-refractivity contribution in [3.63, 3.8) is 0 Å². The highest BCUT2D eigenvalue weighted by molar-refractivity contribution is 5.91. The molecule has 0 unspecified atom stereocenters. The number of carbonyl (C=O) groups is 1. The number of para-hydroxylation sites is 1. The van der Waals surface area contributed by atoms with Gasteiger partial charge in [-0.3, -0.25) is 9.69 Å². The minimum absolute atomic E-state index is 0.137. The van der Waals surface area contributed by atoms with E-state index in [0.717, 1.165) is 5.56 Å². The van der Waals surface area contributed by atoms with Gasteiger partial charge in [0.05, 0.1) is 23.9 Å². The van der Waals surface area contributed by atoms with Crippen LogP contribution in [0.3, 0.4) is 0 Å². The van der Waals surface area contributed by atoms with E-state index in [4.69, 9.17) is 5.26 Å². The van der Waals surface area contributed by atoms with Crippen molar-refractivity contribution < 1.29 is 9.18 Å². The van der Waals surface area contributed by atoms with E-state index in [-0.39, 0.29) is 18.1 Å². The number of carbonyl (C=O) groups excluding carboxylic acids is 1. The van der Waals surface area contributed by atoms with E-state index in [2.05, 4.69) is 16.5 Å². The Kier molecular flexibility index (Phi) is 5.82. The number of hydrogen-bond acceptors (Lipinski definition) is 4. The Hall–Kier alpha value is -3.50. The molecule has 0 spiro atoms. The van der Waals surface area contributed by atoms with Crippen molar-refractivity contribution in [3.05, 3.63) is 77.2 Å². The van der Waals surface area contributed by atoms with Crippen molar-refractivity contribution in [1.29, 1.82) is 5.26 Å². The van der Waals surface area contributed by atoms with E-state index in [1.807, 2.05) is 24.1 Å². The van der Waals surface area contributed by atoms with Crippen molar-refractivity contribution in [3.8, 4) is 11.8 Å². The van der Waals surface area contributed by atoms with Crippen LogP contribution in [0, 0.1) is 24.1 Å². The second-order valence-electron chi connectivity index (χ2n) is 6.57. The average Bonchev–Trinajstić information content (AvgIpc) is 3.01. The van der Waals surface area contributed by atoms with Crippen molar-refractivity contribution in [2.75, 3.05) is 18.9 Å². The zero-order valence-corrected chi connectivity index (χ0v) is 15.7.